The molecule has 0 fully saturated rings. The predicted octanol–water partition coefficient (Wildman–Crippen LogP) is 4.50. The lowest BCUT2D eigenvalue weighted by Gasteiger charge is -2.16. The smallest absolute Gasteiger partial charge is 0.257 e. The molecule has 0 unspecified atom stereocenters. The van der Waals surface area contributed by atoms with Gasteiger partial charge in [-0.15, -0.1) is 11.3 Å². The molecule has 1 aliphatic rings. The topological polar surface area (TPSA) is 62.3 Å². The van der Waals surface area contributed by atoms with Gasteiger partial charge in [-0.1, -0.05) is 19.1 Å². The number of carbonyl (C=O) groups excluding carboxylic acids is 2. The number of aromatic nitrogens is 1. The molecule has 2 aromatic carbocycles. The Morgan fingerprint density at radius 1 is 1.25 bits per heavy atom. The van der Waals surface area contributed by atoms with E-state index in [-0.39, 0.29) is 11.5 Å². The number of nitrogens with one attached hydrogen (secondary N) is 1. The Morgan fingerprint density at radius 3 is 2.89 bits per heavy atom. The van der Waals surface area contributed by atoms with Gasteiger partial charge >= 0.3 is 0 Å². The first-order chi connectivity index (χ1) is 13.5. The molecule has 5 nitrogen and oxygen atoms in total. The van der Waals surface area contributed by atoms with Gasteiger partial charge < -0.3 is 4.90 Å². The zero-order valence-corrected chi connectivity index (χ0v) is 16.1. The van der Waals surface area contributed by atoms with Crippen LogP contribution in [0, 0.1) is 5.82 Å². The highest BCUT2D eigenvalue weighted by molar-refractivity contribution is 7.14. The van der Waals surface area contributed by atoms with Crippen molar-refractivity contribution in [2.24, 2.45) is 0 Å². The van der Waals surface area contributed by atoms with E-state index in [1.807, 2.05) is 35.4 Å². The predicted molar refractivity (Wildman–Crippen MR) is 108 cm³/mol. The van der Waals surface area contributed by atoms with Gasteiger partial charge in [-0.2, -0.15) is 0 Å². The van der Waals surface area contributed by atoms with Crippen LogP contribution in [0.25, 0.3) is 11.3 Å². The highest BCUT2D eigenvalue weighted by Crippen LogP contribution is 2.33. The molecular weight excluding hydrogens is 377 g/mol. The van der Waals surface area contributed by atoms with E-state index in [2.05, 4.69) is 10.3 Å². The van der Waals surface area contributed by atoms with Gasteiger partial charge in [0, 0.05) is 35.2 Å². The zero-order valence-electron chi connectivity index (χ0n) is 15.2. The Morgan fingerprint density at radius 2 is 2.11 bits per heavy atom. The van der Waals surface area contributed by atoms with E-state index < -0.39 is 11.7 Å². The summed E-state index contributed by atoms with van der Waals surface area (Å²) >= 11 is 1.31. The van der Waals surface area contributed by atoms with Crippen molar-refractivity contribution >= 4 is 34.0 Å². The lowest BCUT2D eigenvalue weighted by molar-refractivity contribution is -0.118. The minimum Gasteiger partial charge on any atom is -0.312 e. The molecule has 1 N–H and O–H groups in total. The van der Waals surface area contributed by atoms with Crippen LogP contribution in [0.4, 0.5) is 15.2 Å². The zero-order chi connectivity index (χ0) is 19.7. The van der Waals surface area contributed by atoms with E-state index in [1.165, 1.54) is 29.5 Å². The third-order valence-electron chi connectivity index (χ3n) is 4.69. The van der Waals surface area contributed by atoms with Gasteiger partial charge in [0.05, 0.1) is 5.69 Å². The molecule has 1 aliphatic heterocycles. The molecule has 2 heterocycles. The molecule has 0 aliphatic carbocycles. The van der Waals surface area contributed by atoms with Gasteiger partial charge in [0.15, 0.2) is 5.13 Å². The average Bonchev–Trinajstić information content (AvgIpc) is 3.33. The number of amides is 2. The third-order valence-corrected chi connectivity index (χ3v) is 5.44. The molecule has 0 saturated carbocycles. The Hall–Kier alpha value is -3.06. The summed E-state index contributed by atoms with van der Waals surface area (Å²) in [7, 11) is 0. The van der Waals surface area contributed by atoms with Crippen molar-refractivity contribution in [1.82, 2.24) is 4.98 Å². The van der Waals surface area contributed by atoms with Crippen LogP contribution in [0.1, 0.15) is 29.3 Å². The second kappa shape index (κ2) is 7.52. The monoisotopic (exact) mass is 395 g/mol. The molecule has 3 aromatic rings. The summed E-state index contributed by atoms with van der Waals surface area (Å²) in [5.74, 6) is -0.730. The van der Waals surface area contributed by atoms with Crippen molar-refractivity contribution in [3.8, 4) is 11.3 Å². The van der Waals surface area contributed by atoms with E-state index in [4.69, 9.17) is 0 Å². The van der Waals surface area contributed by atoms with E-state index in [1.54, 1.807) is 6.07 Å². The quantitative estimate of drug-likeness (QED) is 0.707. The number of anilines is 2. The number of halogens is 1. The van der Waals surface area contributed by atoms with Crippen molar-refractivity contribution in [2.45, 2.75) is 19.8 Å². The maximum Gasteiger partial charge on any atom is 0.257 e. The van der Waals surface area contributed by atoms with Crippen LogP contribution in [0.5, 0.6) is 0 Å². The number of thiazole rings is 1. The van der Waals surface area contributed by atoms with E-state index in [0.717, 1.165) is 28.9 Å². The molecule has 2 amide bonds. The average molecular weight is 395 g/mol. The van der Waals surface area contributed by atoms with Crippen LogP contribution in [0.2, 0.25) is 0 Å². The van der Waals surface area contributed by atoms with Crippen LogP contribution in [0.3, 0.4) is 0 Å². The third kappa shape index (κ3) is 3.53. The van der Waals surface area contributed by atoms with E-state index in [9.17, 15) is 14.0 Å². The van der Waals surface area contributed by atoms with Gasteiger partial charge in [-0.3, -0.25) is 14.9 Å². The van der Waals surface area contributed by atoms with Crippen molar-refractivity contribution < 1.29 is 14.0 Å². The van der Waals surface area contributed by atoms with Crippen LogP contribution in [-0.2, 0) is 11.2 Å². The molecule has 142 valence electrons. The first-order valence-corrected chi connectivity index (χ1v) is 9.89. The normalized spacial score (nSPS) is 12.7. The highest BCUT2D eigenvalue weighted by Gasteiger charge is 2.24. The maximum atomic E-state index is 13.3. The first kappa shape index (κ1) is 18.3. The summed E-state index contributed by atoms with van der Waals surface area (Å²) < 4.78 is 13.3. The molecule has 28 heavy (non-hydrogen) atoms. The highest BCUT2D eigenvalue weighted by atomic mass is 32.1. The van der Waals surface area contributed by atoms with Crippen molar-refractivity contribution in [2.75, 3.05) is 16.8 Å². The Bertz CT molecular complexity index is 1060. The summed E-state index contributed by atoms with van der Waals surface area (Å²) in [6, 6.07) is 11.5. The first-order valence-electron chi connectivity index (χ1n) is 9.01. The molecule has 0 bridgehead atoms. The number of nitrogens with zero attached hydrogens (tertiary/aromatic N) is 2. The minimum absolute atomic E-state index is 0.127. The molecule has 4 rings (SSSR count). The minimum atomic E-state index is -0.457. The number of hydrogen-bond acceptors (Lipinski definition) is 4. The standard InChI is InChI=1S/C21H18FN3O2S/c1-2-19(26)25-9-8-14-10-13(6-7-18(14)25)17-12-28-21(23-17)24-20(27)15-4-3-5-16(22)11-15/h3-7,10-12H,2,8-9H2,1H3,(H,23,24,27). The second-order valence-electron chi connectivity index (χ2n) is 6.49. The van der Waals surface area contributed by atoms with Gasteiger partial charge in [-0.25, -0.2) is 9.37 Å². The van der Waals surface area contributed by atoms with Crippen molar-refractivity contribution in [3.05, 3.63) is 64.8 Å². The van der Waals surface area contributed by atoms with E-state index in [0.29, 0.717) is 18.1 Å². The molecule has 0 radical (unpaired) electrons. The lowest BCUT2D eigenvalue weighted by atomic mass is 10.1. The SMILES string of the molecule is CCC(=O)N1CCc2cc(-c3csc(NC(=O)c4cccc(F)c4)n3)ccc21. The second-order valence-corrected chi connectivity index (χ2v) is 7.35. The van der Waals surface area contributed by atoms with Crippen LogP contribution < -0.4 is 10.2 Å². The summed E-state index contributed by atoms with van der Waals surface area (Å²) in [6.45, 7) is 2.57. The molecule has 0 spiro atoms. The van der Waals surface area contributed by atoms with Crippen LogP contribution >= 0.6 is 11.3 Å². The fourth-order valence-electron chi connectivity index (χ4n) is 3.27. The summed E-state index contributed by atoms with van der Waals surface area (Å²) in [5, 5.41) is 5.03. The van der Waals surface area contributed by atoms with Crippen molar-refractivity contribution in [3.63, 3.8) is 0 Å². The Balaban J connectivity index is 1.52. The van der Waals surface area contributed by atoms with Gasteiger partial charge in [0.2, 0.25) is 5.91 Å². The van der Waals surface area contributed by atoms with Crippen molar-refractivity contribution in [1.29, 1.82) is 0 Å². The molecule has 0 saturated heterocycles. The Labute approximate surface area is 165 Å². The van der Waals surface area contributed by atoms with E-state index >= 15 is 0 Å². The summed E-state index contributed by atoms with van der Waals surface area (Å²) in [4.78, 5) is 30.6. The Kier molecular flexibility index (Phi) is 4.92. The fourth-order valence-corrected chi connectivity index (χ4v) is 3.99. The summed E-state index contributed by atoms with van der Waals surface area (Å²) in [5.41, 5.74) is 4.02. The van der Waals surface area contributed by atoms with Crippen LogP contribution in [0.15, 0.2) is 47.8 Å². The number of hydrogen-bond donors (Lipinski definition) is 1. The fraction of sp³-hybridized carbons (Fsp3) is 0.190. The molecule has 7 heteroatoms. The number of rotatable bonds is 4. The molecule has 1 aromatic heterocycles. The van der Waals surface area contributed by atoms with Gasteiger partial charge in [0.25, 0.3) is 5.91 Å². The maximum absolute atomic E-state index is 13.3. The largest absolute Gasteiger partial charge is 0.312 e. The number of benzene rings is 2. The van der Waals surface area contributed by atoms with Gasteiger partial charge in [0.1, 0.15) is 5.82 Å². The molecule has 0 atom stereocenters. The van der Waals surface area contributed by atoms with Gasteiger partial charge in [-0.05, 0) is 42.3 Å². The van der Waals surface area contributed by atoms with Crippen LogP contribution in [-0.4, -0.2) is 23.3 Å². The number of fused-ring (bicyclic) bond motifs is 1. The number of carbonyl (C=O) groups is 2. The lowest BCUT2D eigenvalue weighted by Crippen LogP contribution is -2.27. The summed E-state index contributed by atoms with van der Waals surface area (Å²) in [6.07, 6.45) is 1.31. The molecular formula is C21H18FN3O2S.